The Morgan fingerprint density at radius 3 is 1.88 bits per heavy atom. The highest BCUT2D eigenvalue weighted by atomic mass is 127. The van der Waals surface area contributed by atoms with Crippen LogP contribution in [0.4, 0.5) is 0 Å². The van der Waals surface area contributed by atoms with E-state index in [0.717, 1.165) is 5.71 Å². The average molecular weight is 463 g/mol. The number of carbonyl (C=O) groups is 1. The molecule has 1 aliphatic rings. The van der Waals surface area contributed by atoms with Crippen LogP contribution in [-0.2, 0) is 4.79 Å². The minimum Gasteiger partial charge on any atom is -0.273 e. The number of aliphatic imine (C=N–C) groups is 1. The highest BCUT2D eigenvalue weighted by Crippen LogP contribution is 2.36. The molecule has 3 heteroatoms. The zero-order chi connectivity index (χ0) is 19.4. The van der Waals surface area contributed by atoms with E-state index in [9.17, 15) is 4.79 Å². The molecule has 0 radical (unpaired) electrons. The molecule has 1 aromatic rings. The summed E-state index contributed by atoms with van der Waals surface area (Å²) in [6.07, 6.45) is 8.12. The van der Waals surface area contributed by atoms with Crippen molar-refractivity contribution >= 4 is 35.9 Å². The predicted octanol–water partition coefficient (Wildman–Crippen LogP) is 6.48. The fraction of sp³-hybridized carbons (Fsp3) is 0.435. The van der Waals surface area contributed by atoms with E-state index < -0.39 is 20.7 Å². The van der Waals surface area contributed by atoms with E-state index in [1.807, 2.05) is 12.2 Å². The molecule has 0 aromatic heterocycles. The van der Waals surface area contributed by atoms with Gasteiger partial charge in [0, 0.05) is 14.0 Å². The third kappa shape index (κ3) is 5.09. The van der Waals surface area contributed by atoms with Crippen molar-refractivity contribution in [2.45, 2.75) is 66.2 Å². The van der Waals surface area contributed by atoms with Gasteiger partial charge >= 0.3 is 0 Å². The van der Waals surface area contributed by atoms with Gasteiger partial charge in [0.2, 0.25) is 5.91 Å². The van der Waals surface area contributed by atoms with Crippen LogP contribution in [0.25, 0.3) is 0 Å². The summed E-state index contributed by atoms with van der Waals surface area (Å²) < 4.78 is 2.73. The zero-order valence-corrected chi connectivity index (χ0v) is 19.1. The molecule has 1 aromatic carbocycles. The number of nitrogens with zero attached hydrogens (tertiary/aromatic N) is 1. The normalized spacial score (nSPS) is 17.6. The Morgan fingerprint density at radius 2 is 1.42 bits per heavy atom. The second-order valence-corrected chi connectivity index (χ2v) is 10.4. The number of amides is 1. The van der Waals surface area contributed by atoms with Crippen LogP contribution in [0.1, 0.15) is 82.9 Å². The molecule has 140 valence electrons. The molecule has 0 saturated heterocycles. The zero-order valence-electron chi connectivity index (χ0n) is 16.9. The summed E-state index contributed by atoms with van der Waals surface area (Å²) >= 11 is -0.414. The van der Waals surface area contributed by atoms with Gasteiger partial charge in [-0.15, -0.1) is 0 Å². The number of carbonyl (C=O) groups excluding carboxylic acids is 1. The quantitative estimate of drug-likeness (QED) is 0.470. The summed E-state index contributed by atoms with van der Waals surface area (Å²) in [5.41, 5.74) is 5.19. The van der Waals surface area contributed by atoms with Gasteiger partial charge in [-0.3, -0.25) is 4.79 Å². The first-order chi connectivity index (χ1) is 12.2. The fourth-order valence-electron chi connectivity index (χ4n) is 2.87. The molecular formula is C23H30INO. The number of allylic oxidation sites excluding steroid dienone is 4. The minimum atomic E-state index is -0.414. The highest BCUT2D eigenvalue weighted by molar-refractivity contribution is 14.2. The molecule has 0 N–H and O–H groups in total. The summed E-state index contributed by atoms with van der Waals surface area (Å²) in [5, 5.41) is 0. The Bertz CT molecular complexity index is 778. The van der Waals surface area contributed by atoms with Crippen LogP contribution >= 0.6 is 20.7 Å². The van der Waals surface area contributed by atoms with E-state index in [4.69, 9.17) is 0 Å². The second kappa shape index (κ2) is 9.03. The molecule has 0 atom stereocenters. The number of hydrogen-bond acceptors (Lipinski definition) is 1. The summed E-state index contributed by atoms with van der Waals surface area (Å²) in [6.45, 7) is 15.2. The van der Waals surface area contributed by atoms with Crippen molar-refractivity contribution in [1.82, 2.24) is 0 Å². The largest absolute Gasteiger partial charge is 0.273 e. The molecule has 0 saturated carbocycles. The fourth-order valence-corrected chi connectivity index (χ4v) is 6.60. The van der Waals surface area contributed by atoms with Crippen molar-refractivity contribution in [3.05, 3.63) is 56.7 Å². The van der Waals surface area contributed by atoms with Crippen LogP contribution in [0.2, 0.25) is 0 Å². The second-order valence-electron chi connectivity index (χ2n) is 7.65. The lowest BCUT2D eigenvalue weighted by molar-refractivity contribution is -0.115. The van der Waals surface area contributed by atoms with Crippen molar-refractivity contribution in [2.75, 3.05) is 0 Å². The number of benzene rings is 1. The lowest BCUT2D eigenvalue weighted by Gasteiger charge is -2.21. The van der Waals surface area contributed by atoms with Gasteiger partial charge in [-0.1, -0.05) is 86.6 Å². The van der Waals surface area contributed by atoms with E-state index in [-0.39, 0.29) is 5.91 Å². The smallest absolute Gasteiger partial charge is 0.243 e. The first kappa shape index (κ1) is 20.9. The Morgan fingerprint density at radius 1 is 0.885 bits per heavy atom. The van der Waals surface area contributed by atoms with Crippen LogP contribution in [0, 0.1) is 3.57 Å². The van der Waals surface area contributed by atoms with E-state index in [2.05, 4.69) is 70.8 Å². The van der Waals surface area contributed by atoms with Crippen molar-refractivity contribution in [1.29, 1.82) is 0 Å². The first-order valence-corrected chi connectivity index (χ1v) is 11.5. The molecule has 0 unspecified atom stereocenters. The van der Waals surface area contributed by atoms with Crippen molar-refractivity contribution in [3.8, 4) is 0 Å². The molecule has 0 aliphatic heterocycles. The van der Waals surface area contributed by atoms with Crippen molar-refractivity contribution in [3.63, 3.8) is 0 Å². The van der Waals surface area contributed by atoms with Crippen LogP contribution < -0.4 is 0 Å². The molecule has 1 amide bonds. The third-order valence-corrected chi connectivity index (χ3v) is 7.67. The molecule has 2 rings (SSSR count). The van der Waals surface area contributed by atoms with Crippen LogP contribution in [-0.4, -0.2) is 15.1 Å². The molecule has 26 heavy (non-hydrogen) atoms. The minimum absolute atomic E-state index is 0.134. The van der Waals surface area contributed by atoms with Crippen LogP contribution in [0.5, 0.6) is 0 Å². The summed E-state index contributed by atoms with van der Waals surface area (Å²) in [7, 11) is 0. The van der Waals surface area contributed by atoms with Crippen molar-refractivity contribution < 1.29 is 4.79 Å². The van der Waals surface area contributed by atoms with Crippen LogP contribution in [0.3, 0.4) is 0 Å². The highest BCUT2D eigenvalue weighted by Gasteiger charge is 2.18. The van der Waals surface area contributed by atoms with E-state index >= 15 is 0 Å². The number of rotatable bonds is 4. The lowest BCUT2D eigenvalue weighted by atomic mass is 9.90. The number of halogens is 1. The van der Waals surface area contributed by atoms with Gasteiger partial charge in [0.1, 0.15) is 0 Å². The molecule has 0 bridgehead atoms. The van der Waals surface area contributed by atoms with E-state index in [1.165, 1.54) is 30.7 Å². The third-order valence-electron chi connectivity index (χ3n) is 4.39. The van der Waals surface area contributed by atoms with Crippen molar-refractivity contribution in [2.24, 2.45) is 4.99 Å². The van der Waals surface area contributed by atoms with Gasteiger partial charge in [-0.2, -0.15) is 0 Å². The summed E-state index contributed by atoms with van der Waals surface area (Å²) in [6, 6.07) is 4.81. The maximum Gasteiger partial charge on any atom is 0.243 e. The summed E-state index contributed by atoms with van der Waals surface area (Å²) in [4.78, 5) is 15.8. The topological polar surface area (TPSA) is 29.4 Å². The van der Waals surface area contributed by atoms with Gasteiger partial charge in [0.05, 0.1) is 5.71 Å². The Labute approximate surface area is 168 Å². The van der Waals surface area contributed by atoms with E-state index in [1.54, 1.807) is 0 Å². The van der Waals surface area contributed by atoms with Crippen LogP contribution in [0.15, 0.2) is 41.4 Å². The molecular weight excluding hydrogens is 433 g/mol. The average Bonchev–Trinajstić information content (AvgIpc) is 2.55. The van der Waals surface area contributed by atoms with Gasteiger partial charge in [-0.05, 0) is 46.6 Å². The molecule has 0 fully saturated rings. The van der Waals surface area contributed by atoms with Gasteiger partial charge in [-0.25, -0.2) is 4.99 Å². The maximum absolute atomic E-state index is 11.5. The first-order valence-electron chi connectivity index (χ1n) is 9.34. The monoisotopic (exact) mass is 463 g/mol. The van der Waals surface area contributed by atoms with Gasteiger partial charge < -0.3 is 0 Å². The van der Waals surface area contributed by atoms with Gasteiger partial charge in [0.25, 0.3) is 0 Å². The molecule has 0 heterocycles. The maximum atomic E-state index is 11.5. The SMILES string of the molecule is CC(=O)N=C1C=CC=CC1=Ic1c(C(C)C)cc(C(C)C)cc1C(C)C. The predicted molar refractivity (Wildman–Crippen MR) is 123 cm³/mol. The Kier molecular flexibility index (Phi) is 7.27. The molecule has 2 nitrogen and oxygen atoms in total. The molecule has 1 aliphatic carbocycles. The molecule has 0 spiro atoms. The van der Waals surface area contributed by atoms with E-state index in [0.29, 0.717) is 17.8 Å². The number of hydrogen-bond donors (Lipinski definition) is 0. The standard InChI is InChI=1S/C23H30INO/c1-14(2)18-12-19(15(3)4)23(20(13-18)16(5)6)24-21-10-8-9-11-22(21)25-17(7)26/h8-16H,1-7H3. The Balaban J connectivity index is 2.72. The summed E-state index contributed by atoms with van der Waals surface area (Å²) in [5.74, 6) is 1.36. The van der Waals surface area contributed by atoms with Gasteiger partial charge in [0.15, 0.2) is 0 Å². The lowest BCUT2D eigenvalue weighted by Crippen LogP contribution is -2.12. The Hall–Kier alpha value is -1.36.